The fourth-order valence-electron chi connectivity index (χ4n) is 2.57. The van der Waals surface area contributed by atoms with Crippen LogP contribution < -0.4 is 4.74 Å². The van der Waals surface area contributed by atoms with Crippen molar-refractivity contribution >= 4 is 11.7 Å². The van der Waals surface area contributed by atoms with Gasteiger partial charge in [-0.05, 0) is 30.2 Å². The van der Waals surface area contributed by atoms with Gasteiger partial charge in [-0.15, -0.1) is 0 Å². The van der Waals surface area contributed by atoms with Crippen molar-refractivity contribution in [1.82, 2.24) is 4.90 Å². The molecule has 0 saturated carbocycles. The molecular weight excluding hydrogens is 258 g/mol. The van der Waals surface area contributed by atoms with Crippen LogP contribution in [0.15, 0.2) is 18.2 Å². The van der Waals surface area contributed by atoms with Gasteiger partial charge in [0.25, 0.3) is 5.91 Å². The Kier molecular flexibility index (Phi) is 3.69. The van der Waals surface area contributed by atoms with Gasteiger partial charge in [0.15, 0.2) is 12.4 Å². The highest BCUT2D eigenvalue weighted by molar-refractivity contribution is 6.00. The van der Waals surface area contributed by atoms with E-state index >= 15 is 0 Å². The Morgan fingerprint density at radius 2 is 2.05 bits per heavy atom. The molecule has 1 aromatic rings. The summed E-state index contributed by atoms with van der Waals surface area (Å²) in [5, 5.41) is 0. The van der Waals surface area contributed by atoms with E-state index in [1.807, 2.05) is 6.07 Å². The van der Waals surface area contributed by atoms with Gasteiger partial charge < -0.3 is 14.4 Å². The third kappa shape index (κ3) is 2.67. The molecule has 5 nitrogen and oxygen atoms in total. The standard InChI is InChI=1S/C15H17NO4/c17-14-4-1-11-9-12(2-3-13(11)14)20-10-15(18)16-5-7-19-8-6-16/h2-3,9H,1,4-8,10H2. The van der Waals surface area contributed by atoms with E-state index in [1.165, 1.54) is 0 Å². The summed E-state index contributed by atoms with van der Waals surface area (Å²) in [4.78, 5) is 25.2. The molecule has 0 aromatic heterocycles. The minimum absolute atomic E-state index is 0.0233. The Bertz CT molecular complexity index is 535. The van der Waals surface area contributed by atoms with Crippen LogP contribution in [0.25, 0.3) is 0 Å². The molecule has 0 bridgehead atoms. The van der Waals surface area contributed by atoms with E-state index in [4.69, 9.17) is 9.47 Å². The second-order valence-corrected chi connectivity index (χ2v) is 5.02. The molecule has 1 aliphatic heterocycles. The number of Topliss-reactive ketones (excluding diaryl/α,β-unsaturated/α-hetero) is 1. The predicted octanol–water partition coefficient (Wildman–Crippen LogP) is 1.05. The van der Waals surface area contributed by atoms with Gasteiger partial charge in [-0.3, -0.25) is 9.59 Å². The van der Waals surface area contributed by atoms with Crippen LogP contribution in [0, 0.1) is 0 Å². The van der Waals surface area contributed by atoms with Crippen molar-refractivity contribution in [3.63, 3.8) is 0 Å². The Balaban J connectivity index is 1.58. The van der Waals surface area contributed by atoms with E-state index in [-0.39, 0.29) is 18.3 Å². The van der Waals surface area contributed by atoms with Crippen LogP contribution >= 0.6 is 0 Å². The maximum absolute atomic E-state index is 11.9. The van der Waals surface area contributed by atoms with Gasteiger partial charge in [0.2, 0.25) is 0 Å². The van der Waals surface area contributed by atoms with E-state index in [9.17, 15) is 9.59 Å². The molecule has 0 unspecified atom stereocenters. The Hall–Kier alpha value is -1.88. The molecule has 3 rings (SSSR count). The Morgan fingerprint density at radius 1 is 1.25 bits per heavy atom. The largest absolute Gasteiger partial charge is 0.484 e. The number of ketones is 1. The van der Waals surface area contributed by atoms with Crippen molar-refractivity contribution in [1.29, 1.82) is 0 Å². The van der Waals surface area contributed by atoms with Crippen molar-refractivity contribution in [3.8, 4) is 5.75 Å². The minimum Gasteiger partial charge on any atom is -0.484 e. The molecule has 106 valence electrons. The fraction of sp³-hybridized carbons (Fsp3) is 0.467. The van der Waals surface area contributed by atoms with Gasteiger partial charge >= 0.3 is 0 Å². The lowest BCUT2D eigenvalue weighted by molar-refractivity contribution is -0.137. The van der Waals surface area contributed by atoms with Crippen LogP contribution in [0.1, 0.15) is 22.3 Å². The lowest BCUT2D eigenvalue weighted by Crippen LogP contribution is -2.42. The van der Waals surface area contributed by atoms with Crippen molar-refractivity contribution in [3.05, 3.63) is 29.3 Å². The molecule has 0 atom stereocenters. The van der Waals surface area contributed by atoms with E-state index in [0.29, 0.717) is 38.5 Å². The Morgan fingerprint density at radius 3 is 2.85 bits per heavy atom. The molecule has 1 aromatic carbocycles. The zero-order chi connectivity index (χ0) is 13.9. The lowest BCUT2D eigenvalue weighted by Gasteiger charge is -2.26. The molecule has 20 heavy (non-hydrogen) atoms. The number of carbonyl (C=O) groups excluding carboxylic acids is 2. The molecule has 2 aliphatic rings. The highest BCUT2D eigenvalue weighted by Gasteiger charge is 2.20. The van der Waals surface area contributed by atoms with Crippen LogP contribution in [0.3, 0.4) is 0 Å². The maximum atomic E-state index is 11.9. The summed E-state index contributed by atoms with van der Waals surface area (Å²) >= 11 is 0. The van der Waals surface area contributed by atoms with Gasteiger partial charge in [-0.25, -0.2) is 0 Å². The summed E-state index contributed by atoms with van der Waals surface area (Å²) in [6, 6.07) is 5.42. The summed E-state index contributed by atoms with van der Waals surface area (Å²) in [5.41, 5.74) is 1.81. The number of nitrogens with zero attached hydrogens (tertiary/aromatic N) is 1. The summed E-state index contributed by atoms with van der Waals surface area (Å²) < 4.78 is 10.7. The number of amides is 1. The normalized spacial score (nSPS) is 18.0. The summed E-state index contributed by atoms with van der Waals surface area (Å²) in [6.07, 6.45) is 1.34. The molecule has 0 radical (unpaired) electrons. The molecule has 0 N–H and O–H groups in total. The second kappa shape index (κ2) is 5.63. The molecule has 5 heteroatoms. The first-order valence-electron chi connectivity index (χ1n) is 6.88. The number of morpholine rings is 1. The number of hydrogen-bond donors (Lipinski definition) is 0. The van der Waals surface area contributed by atoms with Crippen molar-refractivity contribution in [2.24, 2.45) is 0 Å². The number of hydrogen-bond acceptors (Lipinski definition) is 4. The number of fused-ring (bicyclic) bond motifs is 1. The number of ether oxygens (including phenoxy) is 2. The van der Waals surface area contributed by atoms with Crippen LogP contribution in [-0.4, -0.2) is 49.5 Å². The predicted molar refractivity (Wildman–Crippen MR) is 72.0 cm³/mol. The third-order valence-electron chi connectivity index (χ3n) is 3.72. The molecule has 1 heterocycles. The molecule has 1 fully saturated rings. The number of benzene rings is 1. The highest BCUT2D eigenvalue weighted by Crippen LogP contribution is 2.26. The average molecular weight is 275 g/mol. The van der Waals surface area contributed by atoms with Gasteiger partial charge in [0.1, 0.15) is 5.75 Å². The van der Waals surface area contributed by atoms with Crippen LogP contribution in [-0.2, 0) is 16.0 Å². The topological polar surface area (TPSA) is 55.8 Å². The first kappa shape index (κ1) is 13.1. The van der Waals surface area contributed by atoms with Crippen molar-refractivity contribution < 1.29 is 19.1 Å². The monoisotopic (exact) mass is 275 g/mol. The van der Waals surface area contributed by atoms with E-state index in [0.717, 1.165) is 17.5 Å². The van der Waals surface area contributed by atoms with Crippen LogP contribution in [0.2, 0.25) is 0 Å². The summed E-state index contributed by atoms with van der Waals surface area (Å²) in [5.74, 6) is 0.820. The second-order valence-electron chi connectivity index (χ2n) is 5.02. The van der Waals surface area contributed by atoms with Gasteiger partial charge in [-0.1, -0.05) is 0 Å². The summed E-state index contributed by atoms with van der Waals surface area (Å²) in [6.45, 7) is 2.47. The highest BCUT2D eigenvalue weighted by atomic mass is 16.5. The first-order chi connectivity index (χ1) is 9.74. The van der Waals surface area contributed by atoms with Gasteiger partial charge in [0, 0.05) is 25.1 Å². The van der Waals surface area contributed by atoms with Crippen molar-refractivity contribution in [2.75, 3.05) is 32.9 Å². The minimum atomic E-state index is -0.0233. The molecular formula is C15H17NO4. The smallest absolute Gasteiger partial charge is 0.260 e. The average Bonchev–Trinajstić information content (AvgIpc) is 2.87. The number of rotatable bonds is 3. The van der Waals surface area contributed by atoms with E-state index < -0.39 is 0 Å². The lowest BCUT2D eigenvalue weighted by atomic mass is 10.1. The van der Waals surface area contributed by atoms with Crippen LogP contribution in [0.5, 0.6) is 5.75 Å². The van der Waals surface area contributed by atoms with E-state index in [2.05, 4.69) is 0 Å². The molecule has 1 saturated heterocycles. The quantitative estimate of drug-likeness (QED) is 0.827. The summed E-state index contributed by atoms with van der Waals surface area (Å²) in [7, 11) is 0. The molecule has 1 aliphatic carbocycles. The number of carbonyl (C=O) groups is 2. The molecule has 0 spiro atoms. The SMILES string of the molecule is O=C1CCc2cc(OCC(=O)N3CCOCC3)ccc21. The number of aryl methyl sites for hydroxylation is 1. The van der Waals surface area contributed by atoms with Gasteiger partial charge in [0.05, 0.1) is 13.2 Å². The van der Waals surface area contributed by atoms with Crippen LogP contribution in [0.4, 0.5) is 0 Å². The third-order valence-corrected chi connectivity index (χ3v) is 3.72. The fourth-order valence-corrected chi connectivity index (χ4v) is 2.57. The zero-order valence-electron chi connectivity index (χ0n) is 11.3. The Labute approximate surface area is 117 Å². The molecule has 1 amide bonds. The van der Waals surface area contributed by atoms with Crippen molar-refractivity contribution in [2.45, 2.75) is 12.8 Å². The first-order valence-corrected chi connectivity index (χ1v) is 6.88. The maximum Gasteiger partial charge on any atom is 0.260 e. The van der Waals surface area contributed by atoms with E-state index in [1.54, 1.807) is 17.0 Å². The van der Waals surface area contributed by atoms with Gasteiger partial charge in [-0.2, -0.15) is 0 Å². The zero-order valence-corrected chi connectivity index (χ0v) is 11.3.